The average molecular weight is 407 g/mol. The second-order valence-electron chi connectivity index (χ2n) is 6.87. The van der Waals surface area contributed by atoms with Crippen molar-refractivity contribution in [3.8, 4) is 0 Å². The molecule has 0 atom stereocenters. The van der Waals surface area contributed by atoms with E-state index in [0.717, 1.165) is 11.1 Å². The van der Waals surface area contributed by atoms with Gasteiger partial charge in [-0.3, -0.25) is 9.59 Å². The van der Waals surface area contributed by atoms with E-state index in [9.17, 15) is 14.0 Å². The van der Waals surface area contributed by atoms with Crippen LogP contribution in [0.2, 0.25) is 0 Å². The third kappa shape index (κ3) is 3.76. The van der Waals surface area contributed by atoms with Crippen LogP contribution < -0.4 is 4.90 Å². The number of amides is 2. The molecule has 0 saturated carbocycles. The summed E-state index contributed by atoms with van der Waals surface area (Å²) in [7, 11) is 0. The van der Waals surface area contributed by atoms with E-state index in [-0.39, 0.29) is 11.5 Å². The Labute approximate surface area is 172 Å². The summed E-state index contributed by atoms with van der Waals surface area (Å²) in [4.78, 5) is 28.1. The first-order valence-electron chi connectivity index (χ1n) is 9.06. The highest BCUT2D eigenvalue weighted by molar-refractivity contribution is 8.03. The van der Waals surface area contributed by atoms with Crippen molar-refractivity contribution in [2.24, 2.45) is 0 Å². The van der Waals surface area contributed by atoms with Crippen molar-refractivity contribution in [2.75, 3.05) is 4.90 Å². The SMILES string of the molecule is Cc1cc(C)cc(N2C(=O)C(SCc3ccco3)=C(c3ccc(F)cc3)C2=O)c1. The Hall–Kier alpha value is -3.12. The smallest absolute Gasteiger partial charge is 0.272 e. The van der Waals surface area contributed by atoms with E-state index < -0.39 is 11.7 Å². The molecule has 2 aromatic carbocycles. The second kappa shape index (κ2) is 7.72. The number of hydrogen-bond acceptors (Lipinski definition) is 4. The summed E-state index contributed by atoms with van der Waals surface area (Å²) in [5, 5.41) is 0. The molecule has 2 heterocycles. The molecule has 1 aliphatic rings. The van der Waals surface area contributed by atoms with Crippen LogP contribution in [0.15, 0.2) is 70.2 Å². The quantitative estimate of drug-likeness (QED) is 0.542. The summed E-state index contributed by atoms with van der Waals surface area (Å²) < 4.78 is 18.8. The molecule has 0 saturated heterocycles. The number of anilines is 1. The van der Waals surface area contributed by atoms with Crippen molar-refractivity contribution in [3.05, 3.63) is 94.0 Å². The van der Waals surface area contributed by atoms with Crippen LogP contribution in [-0.2, 0) is 15.3 Å². The van der Waals surface area contributed by atoms with Crippen molar-refractivity contribution in [1.29, 1.82) is 0 Å². The fourth-order valence-corrected chi connectivity index (χ4v) is 4.38. The minimum atomic E-state index is -0.409. The fourth-order valence-electron chi connectivity index (χ4n) is 3.37. The van der Waals surface area contributed by atoms with Crippen molar-refractivity contribution in [1.82, 2.24) is 0 Å². The van der Waals surface area contributed by atoms with Gasteiger partial charge in [0.25, 0.3) is 11.8 Å². The molecule has 0 spiro atoms. The minimum absolute atomic E-state index is 0.283. The van der Waals surface area contributed by atoms with E-state index in [0.29, 0.717) is 27.7 Å². The van der Waals surface area contributed by atoms with Crippen molar-refractivity contribution in [2.45, 2.75) is 19.6 Å². The predicted octanol–water partition coefficient (Wildman–Crippen LogP) is 5.25. The van der Waals surface area contributed by atoms with E-state index >= 15 is 0 Å². The van der Waals surface area contributed by atoms with Crippen LogP contribution in [0.25, 0.3) is 5.57 Å². The summed E-state index contributed by atoms with van der Waals surface area (Å²) in [6.45, 7) is 3.84. The molecular weight excluding hydrogens is 389 g/mol. The summed E-state index contributed by atoms with van der Waals surface area (Å²) in [6, 6.07) is 14.8. The van der Waals surface area contributed by atoms with Crippen LogP contribution in [0.1, 0.15) is 22.5 Å². The van der Waals surface area contributed by atoms with Gasteiger partial charge in [-0.2, -0.15) is 0 Å². The van der Waals surface area contributed by atoms with Crippen LogP contribution >= 0.6 is 11.8 Å². The molecule has 0 radical (unpaired) electrons. The van der Waals surface area contributed by atoms with Gasteiger partial charge in [-0.25, -0.2) is 9.29 Å². The molecule has 4 rings (SSSR count). The normalized spacial score (nSPS) is 14.2. The molecule has 3 aromatic rings. The maximum atomic E-state index is 13.4. The Morgan fingerprint density at radius 2 is 1.66 bits per heavy atom. The Morgan fingerprint density at radius 3 is 2.28 bits per heavy atom. The highest BCUT2D eigenvalue weighted by Gasteiger charge is 2.40. The summed E-state index contributed by atoms with van der Waals surface area (Å²) in [6.07, 6.45) is 1.56. The van der Waals surface area contributed by atoms with Crippen LogP contribution in [0, 0.1) is 19.7 Å². The third-order valence-electron chi connectivity index (χ3n) is 4.58. The van der Waals surface area contributed by atoms with Gasteiger partial charge in [0.1, 0.15) is 11.6 Å². The standard InChI is InChI=1S/C23H18FNO3S/c1-14-10-15(2)12-18(11-14)25-22(26)20(16-5-7-17(24)8-6-16)21(23(25)27)29-13-19-4-3-9-28-19/h3-12H,13H2,1-2H3. The van der Waals surface area contributed by atoms with Crippen molar-refractivity contribution < 1.29 is 18.4 Å². The average Bonchev–Trinajstić information content (AvgIpc) is 3.26. The number of carbonyl (C=O) groups is 2. The first kappa shape index (κ1) is 19.2. The van der Waals surface area contributed by atoms with Crippen molar-refractivity contribution in [3.63, 3.8) is 0 Å². The van der Waals surface area contributed by atoms with Gasteiger partial charge in [-0.05, 0) is 66.9 Å². The number of benzene rings is 2. The molecule has 146 valence electrons. The lowest BCUT2D eigenvalue weighted by Crippen LogP contribution is -2.31. The number of nitrogens with zero attached hydrogens (tertiary/aromatic N) is 1. The van der Waals surface area contributed by atoms with Crippen molar-refractivity contribution >= 4 is 34.8 Å². The van der Waals surface area contributed by atoms with Gasteiger partial charge in [0.2, 0.25) is 0 Å². The molecule has 29 heavy (non-hydrogen) atoms. The van der Waals surface area contributed by atoms with E-state index in [4.69, 9.17) is 4.42 Å². The molecule has 0 bridgehead atoms. The zero-order chi connectivity index (χ0) is 20.5. The monoisotopic (exact) mass is 407 g/mol. The molecule has 6 heteroatoms. The maximum Gasteiger partial charge on any atom is 0.272 e. The Morgan fingerprint density at radius 1 is 0.966 bits per heavy atom. The summed E-state index contributed by atoms with van der Waals surface area (Å²) in [5.41, 5.74) is 3.25. The lowest BCUT2D eigenvalue weighted by Gasteiger charge is -2.16. The topological polar surface area (TPSA) is 50.5 Å². The molecule has 2 amide bonds. The van der Waals surface area contributed by atoms with Crippen LogP contribution in [0.4, 0.5) is 10.1 Å². The number of thioether (sulfide) groups is 1. The molecule has 1 aliphatic heterocycles. The molecular formula is C23H18FNO3S. The molecule has 0 fully saturated rings. The molecule has 4 nitrogen and oxygen atoms in total. The molecule has 0 N–H and O–H groups in total. The lowest BCUT2D eigenvalue weighted by molar-refractivity contribution is -0.119. The van der Waals surface area contributed by atoms with Gasteiger partial charge in [0.15, 0.2) is 0 Å². The third-order valence-corrected chi connectivity index (χ3v) is 5.67. The second-order valence-corrected chi connectivity index (χ2v) is 7.86. The Balaban J connectivity index is 1.77. The largest absolute Gasteiger partial charge is 0.468 e. The summed E-state index contributed by atoms with van der Waals surface area (Å²) >= 11 is 1.25. The first-order valence-corrected chi connectivity index (χ1v) is 10.0. The zero-order valence-corrected chi connectivity index (χ0v) is 16.8. The van der Waals surface area contributed by atoms with Gasteiger partial charge in [0, 0.05) is 0 Å². The number of hydrogen-bond donors (Lipinski definition) is 0. The van der Waals surface area contributed by atoms with E-state index in [2.05, 4.69) is 0 Å². The van der Waals surface area contributed by atoms with Crippen LogP contribution in [0.5, 0.6) is 0 Å². The highest BCUT2D eigenvalue weighted by atomic mass is 32.2. The number of furan rings is 1. The molecule has 0 unspecified atom stereocenters. The molecule has 0 aliphatic carbocycles. The Kier molecular flexibility index (Phi) is 5.11. The van der Waals surface area contributed by atoms with Crippen LogP contribution in [-0.4, -0.2) is 11.8 Å². The number of imide groups is 1. The number of halogens is 1. The van der Waals surface area contributed by atoms with Gasteiger partial charge in [-0.15, -0.1) is 11.8 Å². The zero-order valence-electron chi connectivity index (χ0n) is 15.9. The summed E-state index contributed by atoms with van der Waals surface area (Å²) in [5.74, 6) is -0.0789. The van der Waals surface area contributed by atoms with Gasteiger partial charge in [-0.1, -0.05) is 18.2 Å². The lowest BCUT2D eigenvalue weighted by atomic mass is 10.1. The molecule has 1 aromatic heterocycles. The van der Waals surface area contributed by atoms with Gasteiger partial charge >= 0.3 is 0 Å². The number of carbonyl (C=O) groups excluding carboxylic acids is 2. The van der Waals surface area contributed by atoms with Crippen LogP contribution in [0.3, 0.4) is 0 Å². The first-order chi connectivity index (χ1) is 13.9. The van der Waals surface area contributed by atoms with E-state index in [1.54, 1.807) is 12.3 Å². The highest BCUT2D eigenvalue weighted by Crippen LogP contribution is 2.40. The maximum absolute atomic E-state index is 13.4. The Bertz CT molecular complexity index is 1100. The van der Waals surface area contributed by atoms with E-state index in [1.807, 2.05) is 38.1 Å². The predicted molar refractivity (Wildman–Crippen MR) is 112 cm³/mol. The number of aryl methyl sites for hydroxylation is 2. The fraction of sp³-hybridized carbons (Fsp3) is 0.130. The van der Waals surface area contributed by atoms with Gasteiger partial charge < -0.3 is 4.42 Å². The van der Waals surface area contributed by atoms with Gasteiger partial charge in [0.05, 0.1) is 28.2 Å². The minimum Gasteiger partial charge on any atom is -0.468 e. The number of rotatable bonds is 5. The van der Waals surface area contributed by atoms with E-state index in [1.165, 1.54) is 40.9 Å².